The van der Waals surface area contributed by atoms with E-state index in [9.17, 15) is 9.90 Å². The van der Waals surface area contributed by atoms with Gasteiger partial charge in [-0.15, -0.1) is 6.58 Å². The average molecular weight is 435 g/mol. The average Bonchev–Trinajstić information content (AvgIpc) is 2.69. The molecule has 1 N–H and O–H groups in total. The second kappa shape index (κ2) is 9.31. The fourth-order valence-electron chi connectivity index (χ4n) is 2.92. The molecule has 0 aliphatic carbocycles. The summed E-state index contributed by atoms with van der Waals surface area (Å²) < 4.78 is 12.3. The van der Waals surface area contributed by atoms with Crippen molar-refractivity contribution in [3.8, 4) is 11.5 Å². The maximum absolute atomic E-state index is 12.7. The van der Waals surface area contributed by atoms with Crippen LogP contribution in [0.2, 0.25) is 10.0 Å². The van der Waals surface area contributed by atoms with Crippen molar-refractivity contribution in [3.05, 3.63) is 75.3 Å². The van der Waals surface area contributed by atoms with Crippen molar-refractivity contribution in [2.75, 3.05) is 13.7 Å². The third kappa shape index (κ3) is 4.90. The van der Waals surface area contributed by atoms with Gasteiger partial charge in [0.25, 0.3) is 5.56 Å². The smallest absolute Gasteiger partial charge is 0.261 e. The van der Waals surface area contributed by atoms with Gasteiger partial charge < -0.3 is 14.6 Å². The van der Waals surface area contributed by atoms with Gasteiger partial charge in [0.15, 0.2) is 11.5 Å². The highest BCUT2D eigenvalue weighted by Gasteiger charge is 2.14. The molecule has 1 heterocycles. The quantitative estimate of drug-likeness (QED) is 0.544. The van der Waals surface area contributed by atoms with E-state index in [1.165, 1.54) is 23.0 Å². The lowest BCUT2D eigenvalue weighted by Gasteiger charge is -2.16. The molecule has 0 aliphatic rings. The summed E-state index contributed by atoms with van der Waals surface area (Å²) in [6.07, 6.45) is 2.91. The van der Waals surface area contributed by atoms with Crippen LogP contribution in [-0.4, -0.2) is 34.5 Å². The predicted octanol–water partition coefficient (Wildman–Crippen LogP) is 3.88. The molecular weight excluding hydrogens is 415 g/mol. The minimum atomic E-state index is -0.945. The van der Waals surface area contributed by atoms with Crippen LogP contribution in [0.3, 0.4) is 0 Å². The number of ether oxygens (including phenoxy) is 2. The number of fused-ring (bicyclic) bond motifs is 1. The molecule has 0 saturated heterocycles. The fraction of sp³-hybridized carbons (Fsp3) is 0.238. The minimum absolute atomic E-state index is 0.00275. The van der Waals surface area contributed by atoms with E-state index < -0.39 is 6.10 Å². The summed E-state index contributed by atoms with van der Waals surface area (Å²) in [7, 11) is 1.55. The number of nitrogens with zero attached hydrogens (tertiary/aromatic N) is 2. The third-order valence-electron chi connectivity index (χ3n) is 4.29. The van der Waals surface area contributed by atoms with Gasteiger partial charge in [-0.1, -0.05) is 35.3 Å². The van der Waals surface area contributed by atoms with Crippen LogP contribution in [0.25, 0.3) is 10.9 Å². The first-order valence-corrected chi connectivity index (χ1v) is 9.61. The molecule has 3 aromatic rings. The first-order valence-electron chi connectivity index (χ1n) is 8.85. The number of methoxy groups -OCH3 is 1. The summed E-state index contributed by atoms with van der Waals surface area (Å²) in [6, 6.07) is 8.57. The van der Waals surface area contributed by atoms with Gasteiger partial charge in [-0.05, 0) is 36.2 Å². The number of hydrogen-bond acceptors (Lipinski definition) is 5. The van der Waals surface area contributed by atoms with Crippen LogP contribution in [0.5, 0.6) is 11.5 Å². The Morgan fingerprint density at radius 1 is 1.28 bits per heavy atom. The lowest BCUT2D eigenvalue weighted by atomic mass is 10.1. The van der Waals surface area contributed by atoms with Crippen LogP contribution < -0.4 is 15.0 Å². The SMILES string of the molecule is C=CCc1ccc(OCC(O)Cn2cnc3c(Cl)cc(Cl)cc3c2=O)c(OC)c1. The molecular formula is C21H20Cl2N2O4. The standard InChI is InChI=1S/C21H20Cl2N2O4/c1-3-4-13-5-6-18(19(7-13)28-2)29-11-15(26)10-25-12-24-20-16(21(25)27)8-14(22)9-17(20)23/h3,5-9,12,15,26H,1,4,10-11H2,2H3. The molecule has 8 heteroatoms. The van der Waals surface area contributed by atoms with Crippen molar-refractivity contribution in [1.29, 1.82) is 0 Å². The van der Waals surface area contributed by atoms with E-state index in [-0.39, 0.29) is 24.1 Å². The summed E-state index contributed by atoms with van der Waals surface area (Å²) in [5.41, 5.74) is 1.06. The van der Waals surface area contributed by atoms with Crippen molar-refractivity contribution in [3.63, 3.8) is 0 Å². The maximum Gasteiger partial charge on any atom is 0.261 e. The Kier molecular flexibility index (Phi) is 6.79. The van der Waals surface area contributed by atoms with Crippen molar-refractivity contribution >= 4 is 34.1 Å². The number of halogens is 2. The highest BCUT2D eigenvalue weighted by molar-refractivity contribution is 6.38. The molecule has 0 radical (unpaired) electrons. The number of allylic oxidation sites excluding steroid dienone is 1. The normalized spacial score (nSPS) is 12.0. The second-order valence-electron chi connectivity index (χ2n) is 6.43. The van der Waals surface area contributed by atoms with E-state index in [0.717, 1.165) is 5.56 Å². The monoisotopic (exact) mass is 434 g/mol. The molecule has 6 nitrogen and oxygen atoms in total. The first kappa shape index (κ1) is 21.2. The Labute approximate surface area is 177 Å². The van der Waals surface area contributed by atoms with Crippen LogP contribution in [0.4, 0.5) is 0 Å². The zero-order valence-electron chi connectivity index (χ0n) is 15.8. The molecule has 3 rings (SSSR count). The zero-order chi connectivity index (χ0) is 21.0. The number of aromatic nitrogens is 2. The molecule has 152 valence electrons. The molecule has 1 unspecified atom stereocenters. The van der Waals surface area contributed by atoms with Crippen molar-refractivity contribution in [2.24, 2.45) is 0 Å². The third-order valence-corrected chi connectivity index (χ3v) is 4.80. The Balaban J connectivity index is 1.73. The van der Waals surface area contributed by atoms with Gasteiger partial charge >= 0.3 is 0 Å². The van der Waals surface area contributed by atoms with E-state index >= 15 is 0 Å². The summed E-state index contributed by atoms with van der Waals surface area (Å²) >= 11 is 12.1. The van der Waals surface area contributed by atoms with Crippen LogP contribution in [-0.2, 0) is 13.0 Å². The molecule has 0 aliphatic heterocycles. The Morgan fingerprint density at radius 2 is 2.07 bits per heavy atom. The van der Waals surface area contributed by atoms with Gasteiger partial charge in [-0.3, -0.25) is 9.36 Å². The predicted molar refractivity (Wildman–Crippen MR) is 114 cm³/mol. The summed E-state index contributed by atoms with van der Waals surface area (Å²) in [5, 5.41) is 11.3. The number of aliphatic hydroxyl groups excluding tert-OH is 1. The summed E-state index contributed by atoms with van der Waals surface area (Å²) in [4.78, 5) is 16.9. The van der Waals surface area contributed by atoms with Gasteiger partial charge in [0.05, 0.1) is 35.9 Å². The van der Waals surface area contributed by atoms with Gasteiger partial charge in [-0.2, -0.15) is 0 Å². The molecule has 1 atom stereocenters. The van der Waals surface area contributed by atoms with Gasteiger partial charge in [0, 0.05) is 5.02 Å². The molecule has 0 bridgehead atoms. The number of rotatable bonds is 8. The Hall–Kier alpha value is -2.54. The lowest BCUT2D eigenvalue weighted by molar-refractivity contribution is 0.0900. The summed E-state index contributed by atoms with van der Waals surface area (Å²) in [6.45, 7) is 3.69. The first-order chi connectivity index (χ1) is 13.9. The molecule has 29 heavy (non-hydrogen) atoms. The molecule has 0 amide bonds. The second-order valence-corrected chi connectivity index (χ2v) is 7.27. The fourth-order valence-corrected chi connectivity index (χ4v) is 3.46. The van der Waals surface area contributed by atoms with E-state index in [1.807, 2.05) is 12.1 Å². The van der Waals surface area contributed by atoms with Gasteiger partial charge in [-0.25, -0.2) is 4.98 Å². The Bertz CT molecular complexity index is 1100. The number of benzene rings is 2. The summed E-state index contributed by atoms with van der Waals surface area (Å²) in [5.74, 6) is 1.06. The molecule has 0 saturated carbocycles. The molecule has 0 spiro atoms. The van der Waals surface area contributed by atoms with Crippen LogP contribution >= 0.6 is 23.2 Å². The van der Waals surface area contributed by atoms with Crippen LogP contribution in [0.15, 0.2) is 54.1 Å². The van der Waals surface area contributed by atoms with Crippen molar-refractivity contribution in [1.82, 2.24) is 9.55 Å². The largest absolute Gasteiger partial charge is 0.493 e. The molecule has 1 aromatic heterocycles. The maximum atomic E-state index is 12.7. The lowest BCUT2D eigenvalue weighted by Crippen LogP contribution is -2.30. The van der Waals surface area contributed by atoms with E-state index in [2.05, 4.69) is 11.6 Å². The zero-order valence-corrected chi connectivity index (χ0v) is 17.3. The van der Waals surface area contributed by atoms with E-state index in [0.29, 0.717) is 33.5 Å². The molecule has 0 fully saturated rings. The molecule has 2 aromatic carbocycles. The Morgan fingerprint density at radius 3 is 2.79 bits per heavy atom. The number of hydrogen-bond donors (Lipinski definition) is 1. The topological polar surface area (TPSA) is 73.6 Å². The van der Waals surface area contributed by atoms with Crippen LogP contribution in [0, 0.1) is 0 Å². The van der Waals surface area contributed by atoms with Crippen molar-refractivity contribution in [2.45, 2.75) is 19.1 Å². The van der Waals surface area contributed by atoms with Gasteiger partial charge in [0.1, 0.15) is 12.7 Å². The van der Waals surface area contributed by atoms with E-state index in [1.54, 1.807) is 19.3 Å². The van der Waals surface area contributed by atoms with E-state index in [4.69, 9.17) is 32.7 Å². The highest BCUT2D eigenvalue weighted by Crippen LogP contribution is 2.28. The van der Waals surface area contributed by atoms with Crippen LogP contribution in [0.1, 0.15) is 5.56 Å². The minimum Gasteiger partial charge on any atom is -0.493 e. The van der Waals surface area contributed by atoms with Crippen molar-refractivity contribution < 1.29 is 14.6 Å². The highest BCUT2D eigenvalue weighted by atomic mass is 35.5. The van der Waals surface area contributed by atoms with Gasteiger partial charge in [0.2, 0.25) is 0 Å². The number of aliphatic hydroxyl groups is 1.